The number of nitrogens with one attached hydrogen (secondary N) is 2. The topological polar surface area (TPSA) is 127 Å². The van der Waals surface area contributed by atoms with E-state index in [9.17, 15) is 22.8 Å². The van der Waals surface area contributed by atoms with Gasteiger partial charge in [-0.2, -0.15) is 18.3 Å². The second-order valence-electron chi connectivity index (χ2n) is 6.39. The van der Waals surface area contributed by atoms with E-state index in [1.54, 1.807) is 12.3 Å². The summed E-state index contributed by atoms with van der Waals surface area (Å²) in [7, 11) is 0. The number of fused-ring (bicyclic) bond motifs is 1. The summed E-state index contributed by atoms with van der Waals surface area (Å²) in [4.78, 5) is 28.0. The molecule has 0 fully saturated rings. The van der Waals surface area contributed by atoms with E-state index in [4.69, 9.17) is 0 Å². The van der Waals surface area contributed by atoms with Crippen LogP contribution in [0.25, 0.3) is 5.65 Å². The Morgan fingerprint density at radius 1 is 1.20 bits per heavy atom. The summed E-state index contributed by atoms with van der Waals surface area (Å²) < 4.78 is 42.5. The lowest BCUT2D eigenvalue weighted by Crippen LogP contribution is -2.24. The van der Waals surface area contributed by atoms with E-state index in [1.165, 1.54) is 10.7 Å². The Morgan fingerprint density at radius 3 is 2.73 bits per heavy atom. The molecule has 0 radical (unpaired) electrons. The molecule has 0 saturated heterocycles. The molecule has 0 aliphatic heterocycles. The van der Waals surface area contributed by atoms with Crippen molar-refractivity contribution in [2.75, 3.05) is 0 Å². The molecule has 0 aliphatic rings. The van der Waals surface area contributed by atoms with Gasteiger partial charge < -0.3 is 10.6 Å². The van der Waals surface area contributed by atoms with Crippen LogP contribution in [-0.2, 0) is 24.3 Å². The van der Waals surface area contributed by atoms with Crippen LogP contribution in [0, 0.1) is 0 Å². The standard InChI is InChI=1S/C17H18F3N7O3/c1-2-12-15(26-30-25-12)16(29)22-8-11-9-27-13(24-11)5-10(7-23-27)6-21-14(28)3-4-17(18,19)20/h5,7,9H,2-4,6,8H2,1H3,(H,21,28)(H,22,29). The molecule has 13 heteroatoms. The molecule has 30 heavy (non-hydrogen) atoms. The monoisotopic (exact) mass is 425 g/mol. The molecule has 10 nitrogen and oxygen atoms in total. The number of imidazole rings is 1. The maximum atomic E-state index is 12.2. The SMILES string of the molecule is CCc1nonc1C(=O)NCc1cn2ncc(CNC(=O)CCC(F)(F)F)cc2n1. The van der Waals surface area contributed by atoms with Gasteiger partial charge in [-0.05, 0) is 23.2 Å². The number of aromatic nitrogens is 5. The number of rotatable bonds is 8. The fraction of sp³-hybridized carbons (Fsp3) is 0.412. The van der Waals surface area contributed by atoms with Crippen LogP contribution in [0.3, 0.4) is 0 Å². The predicted molar refractivity (Wildman–Crippen MR) is 95.0 cm³/mol. The lowest BCUT2D eigenvalue weighted by molar-refractivity contribution is -0.144. The molecule has 3 aromatic rings. The maximum Gasteiger partial charge on any atom is 0.389 e. The van der Waals surface area contributed by atoms with Crippen molar-refractivity contribution in [3.05, 3.63) is 41.1 Å². The van der Waals surface area contributed by atoms with Crippen LogP contribution in [0.15, 0.2) is 23.1 Å². The quantitative estimate of drug-likeness (QED) is 0.561. The van der Waals surface area contributed by atoms with E-state index in [0.29, 0.717) is 29.0 Å². The normalized spacial score (nSPS) is 11.6. The minimum absolute atomic E-state index is 0.0259. The van der Waals surface area contributed by atoms with Crippen molar-refractivity contribution in [2.24, 2.45) is 0 Å². The van der Waals surface area contributed by atoms with Crippen LogP contribution in [0.1, 0.15) is 47.2 Å². The van der Waals surface area contributed by atoms with Crippen LogP contribution in [0.4, 0.5) is 13.2 Å². The average Bonchev–Trinajstić information content (AvgIpc) is 3.34. The number of aryl methyl sites for hydroxylation is 1. The second-order valence-corrected chi connectivity index (χ2v) is 6.39. The molecule has 160 valence electrons. The summed E-state index contributed by atoms with van der Waals surface area (Å²) in [6, 6.07) is 1.64. The second kappa shape index (κ2) is 8.88. The highest BCUT2D eigenvalue weighted by atomic mass is 19.4. The Kier molecular flexibility index (Phi) is 6.28. The van der Waals surface area contributed by atoms with Crippen molar-refractivity contribution in [1.82, 2.24) is 35.5 Å². The van der Waals surface area contributed by atoms with Crippen molar-refractivity contribution in [1.29, 1.82) is 0 Å². The molecule has 0 unspecified atom stereocenters. The molecule has 0 atom stereocenters. The first-order chi connectivity index (χ1) is 14.2. The van der Waals surface area contributed by atoms with Crippen molar-refractivity contribution >= 4 is 17.5 Å². The number of nitrogens with zero attached hydrogens (tertiary/aromatic N) is 5. The molecule has 3 aromatic heterocycles. The van der Waals surface area contributed by atoms with Crippen molar-refractivity contribution in [3.8, 4) is 0 Å². The van der Waals surface area contributed by atoms with E-state index >= 15 is 0 Å². The number of carbonyl (C=O) groups excluding carboxylic acids is 2. The third-order valence-corrected chi connectivity index (χ3v) is 4.09. The smallest absolute Gasteiger partial charge is 0.352 e. The van der Waals surface area contributed by atoms with Gasteiger partial charge in [0, 0.05) is 13.0 Å². The molecule has 0 aliphatic carbocycles. The van der Waals surface area contributed by atoms with E-state index in [0.717, 1.165) is 0 Å². The van der Waals surface area contributed by atoms with Crippen molar-refractivity contribution < 1.29 is 27.4 Å². The highest BCUT2D eigenvalue weighted by Gasteiger charge is 2.27. The molecule has 3 rings (SSSR count). The number of halogens is 3. The van der Waals surface area contributed by atoms with Gasteiger partial charge in [0.15, 0.2) is 11.3 Å². The molecular weight excluding hydrogens is 407 g/mol. The minimum atomic E-state index is -4.37. The van der Waals surface area contributed by atoms with E-state index < -0.39 is 30.8 Å². The number of hydrogen-bond donors (Lipinski definition) is 2. The number of hydrogen-bond acceptors (Lipinski definition) is 7. The van der Waals surface area contributed by atoms with Gasteiger partial charge in [0.25, 0.3) is 5.91 Å². The first-order valence-electron chi connectivity index (χ1n) is 9.01. The van der Waals surface area contributed by atoms with Crippen molar-refractivity contribution in [2.45, 2.75) is 45.5 Å². The highest BCUT2D eigenvalue weighted by Crippen LogP contribution is 2.21. The van der Waals surface area contributed by atoms with Gasteiger partial charge in [-0.15, -0.1) is 0 Å². The van der Waals surface area contributed by atoms with Crippen LogP contribution in [-0.4, -0.2) is 42.9 Å². The van der Waals surface area contributed by atoms with Gasteiger partial charge in [-0.3, -0.25) is 9.59 Å². The number of alkyl halides is 3. The third-order valence-electron chi connectivity index (χ3n) is 4.09. The predicted octanol–water partition coefficient (Wildman–Crippen LogP) is 1.56. The maximum absolute atomic E-state index is 12.2. The minimum Gasteiger partial charge on any atom is -0.352 e. The Morgan fingerprint density at radius 2 is 2.00 bits per heavy atom. The fourth-order valence-electron chi connectivity index (χ4n) is 2.56. The molecule has 0 aromatic carbocycles. The summed E-state index contributed by atoms with van der Waals surface area (Å²) in [5, 5.41) is 16.4. The van der Waals surface area contributed by atoms with Gasteiger partial charge in [0.05, 0.1) is 31.1 Å². The van der Waals surface area contributed by atoms with Gasteiger partial charge >= 0.3 is 6.18 Å². The van der Waals surface area contributed by atoms with Crippen LogP contribution >= 0.6 is 0 Å². The zero-order valence-electron chi connectivity index (χ0n) is 15.9. The number of amides is 2. The van der Waals surface area contributed by atoms with E-state index in [1.807, 2.05) is 6.92 Å². The Labute approximate surface area is 167 Å². The van der Waals surface area contributed by atoms with Gasteiger partial charge in [-0.25, -0.2) is 14.1 Å². The molecule has 2 amide bonds. The number of carbonyl (C=O) groups is 2. The molecule has 0 spiro atoms. The Bertz CT molecular complexity index is 1040. The summed E-state index contributed by atoms with van der Waals surface area (Å²) in [6.45, 7) is 1.96. The van der Waals surface area contributed by atoms with Gasteiger partial charge in [0.2, 0.25) is 5.91 Å². The molecule has 2 N–H and O–H groups in total. The fourth-order valence-corrected chi connectivity index (χ4v) is 2.56. The van der Waals surface area contributed by atoms with Gasteiger partial charge in [0.1, 0.15) is 5.69 Å². The first-order valence-corrected chi connectivity index (χ1v) is 9.01. The molecule has 0 bridgehead atoms. The zero-order chi connectivity index (χ0) is 21.7. The lowest BCUT2D eigenvalue weighted by Gasteiger charge is -2.07. The van der Waals surface area contributed by atoms with Gasteiger partial charge in [-0.1, -0.05) is 12.1 Å². The first kappa shape index (κ1) is 21.2. The summed E-state index contributed by atoms with van der Waals surface area (Å²) in [5.41, 5.74) is 2.12. The van der Waals surface area contributed by atoms with Crippen LogP contribution in [0.2, 0.25) is 0 Å². The zero-order valence-corrected chi connectivity index (χ0v) is 15.9. The van der Waals surface area contributed by atoms with E-state index in [-0.39, 0.29) is 18.8 Å². The lowest BCUT2D eigenvalue weighted by atomic mass is 10.2. The molecule has 3 heterocycles. The largest absolute Gasteiger partial charge is 0.389 e. The highest BCUT2D eigenvalue weighted by molar-refractivity contribution is 5.93. The average molecular weight is 425 g/mol. The molecule has 0 saturated carbocycles. The molecular formula is C17H18F3N7O3. The van der Waals surface area contributed by atoms with Crippen molar-refractivity contribution in [3.63, 3.8) is 0 Å². The third kappa shape index (κ3) is 5.52. The van der Waals surface area contributed by atoms with Crippen LogP contribution in [0.5, 0.6) is 0 Å². The summed E-state index contributed by atoms with van der Waals surface area (Å²) in [5.74, 6) is -1.15. The summed E-state index contributed by atoms with van der Waals surface area (Å²) in [6.07, 6.45) is -2.59. The Hall–Kier alpha value is -3.51. The van der Waals surface area contributed by atoms with Crippen LogP contribution < -0.4 is 10.6 Å². The summed E-state index contributed by atoms with van der Waals surface area (Å²) >= 11 is 0. The Balaban J connectivity index is 1.56. The van der Waals surface area contributed by atoms with E-state index in [2.05, 4.69) is 35.7 Å².